The van der Waals surface area contributed by atoms with E-state index in [1.54, 1.807) is 24.3 Å². The quantitative estimate of drug-likeness (QED) is 0.852. The Kier molecular flexibility index (Phi) is 6.27. The molecule has 0 aliphatic heterocycles. The fourth-order valence-corrected chi connectivity index (χ4v) is 2.28. The highest BCUT2D eigenvalue weighted by Gasteiger charge is 2.16. The molecule has 0 atom stereocenters. The van der Waals surface area contributed by atoms with Crippen LogP contribution in [0.1, 0.15) is 20.8 Å². The number of anilines is 2. The number of rotatable bonds is 6. The van der Waals surface area contributed by atoms with E-state index in [1.165, 1.54) is 17.9 Å². The minimum atomic E-state index is -1.06. The number of ether oxygens (including phenoxy) is 1. The number of benzene rings is 2. The summed E-state index contributed by atoms with van der Waals surface area (Å²) in [7, 11) is 0. The predicted octanol–water partition coefficient (Wildman–Crippen LogP) is 3.74. The number of halogens is 2. The summed E-state index contributed by atoms with van der Waals surface area (Å²) in [5.41, 5.74) is 0.632. The molecule has 2 rings (SSSR count). The maximum absolute atomic E-state index is 13.2. The lowest BCUT2D eigenvalue weighted by molar-refractivity contribution is -0.120. The number of amides is 2. The van der Waals surface area contributed by atoms with E-state index in [1.807, 2.05) is 13.8 Å². The molecule has 0 fully saturated rings. The molecule has 0 aliphatic rings. The molecule has 0 saturated heterocycles. The lowest BCUT2D eigenvalue weighted by Crippen LogP contribution is -2.36. The molecule has 0 bridgehead atoms. The number of hydrogen-bond acceptors (Lipinski definition) is 3. The van der Waals surface area contributed by atoms with Gasteiger partial charge in [0.2, 0.25) is 11.8 Å². The lowest BCUT2D eigenvalue weighted by Gasteiger charge is -2.21. The molecule has 2 aromatic carbocycles. The molecule has 0 radical (unpaired) electrons. The van der Waals surface area contributed by atoms with Crippen molar-refractivity contribution in [3.05, 3.63) is 54.1 Å². The van der Waals surface area contributed by atoms with Crippen molar-refractivity contribution in [3.8, 4) is 5.75 Å². The van der Waals surface area contributed by atoms with Crippen molar-refractivity contribution in [2.24, 2.45) is 0 Å². The Morgan fingerprint density at radius 3 is 2.27 bits per heavy atom. The van der Waals surface area contributed by atoms with Crippen molar-refractivity contribution < 1.29 is 23.1 Å². The van der Waals surface area contributed by atoms with Crippen LogP contribution in [0.5, 0.6) is 5.75 Å². The van der Waals surface area contributed by atoms with E-state index in [0.29, 0.717) is 11.4 Å². The highest BCUT2D eigenvalue weighted by atomic mass is 19.2. The first kappa shape index (κ1) is 19.4. The smallest absolute Gasteiger partial charge is 0.244 e. The van der Waals surface area contributed by atoms with Gasteiger partial charge in [0, 0.05) is 24.4 Å². The summed E-state index contributed by atoms with van der Waals surface area (Å²) < 4.78 is 31.7. The normalized spacial score (nSPS) is 10.5. The molecule has 138 valence electrons. The van der Waals surface area contributed by atoms with Gasteiger partial charge in [-0.05, 0) is 50.2 Å². The zero-order valence-electron chi connectivity index (χ0n) is 14.8. The predicted molar refractivity (Wildman–Crippen MR) is 95.2 cm³/mol. The Morgan fingerprint density at radius 1 is 1.08 bits per heavy atom. The Hall–Kier alpha value is -2.96. The highest BCUT2D eigenvalue weighted by Crippen LogP contribution is 2.21. The largest absolute Gasteiger partial charge is 0.491 e. The van der Waals surface area contributed by atoms with E-state index in [-0.39, 0.29) is 24.2 Å². The van der Waals surface area contributed by atoms with Gasteiger partial charge in [-0.1, -0.05) is 0 Å². The van der Waals surface area contributed by atoms with Gasteiger partial charge in [0.25, 0.3) is 0 Å². The Balaban J connectivity index is 2.08. The van der Waals surface area contributed by atoms with Crippen molar-refractivity contribution >= 4 is 23.2 Å². The summed E-state index contributed by atoms with van der Waals surface area (Å²) in [6.07, 6.45) is 0.0200. The third-order valence-corrected chi connectivity index (χ3v) is 3.41. The molecular formula is C19H20F2N2O3. The van der Waals surface area contributed by atoms with Crippen LogP contribution in [0.2, 0.25) is 0 Å². The Bertz CT molecular complexity index is 792. The van der Waals surface area contributed by atoms with E-state index >= 15 is 0 Å². The number of nitrogens with one attached hydrogen (secondary N) is 1. The molecule has 0 heterocycles. The molecule has 0 aliphatic carbocycles. The van der Waals surface area contributed by atoms with Gasteiger partial charge < -0.3 is 15.0 Å². The molecular weight excluding hydrogens is 342 g/mol. The Morgan fingerprint density at radius 2 is 1.73 bits per heavy atom. The molecule has 2 aromatic rings. The monoisotopic (exact) mass is 362 g/mol. The Labute approximate surface area is 150 Å². The van der Waals surface area contributed by atoms with Gasteiger partial charge in [-0.2, -0.15) is 0 Å². The van der Waals surface area contributed by atoms with Crippen molar-refractivity contribution in [2.75, 3.05) is 16.8 Å². The number of carbonyl (C=O) groups is 2. The van der Waals surface area contributed by atoms with Crippen molar-refractivity contribution in [3.63, 3.8) is 0 Å². The summed E-state index contributed by atoms with van der Waals surface area (Å²) in [6, 6.07) is 9.79. The number of hydrogen-bond donors (Lipinski definition) is 1. The average Bonchev–Trinajstić information content (AvgIpc) is 2.56. The van der Waals surface area contributed by atoms with E-state index in [4.69, 9.17) is 4.74 Å². The van der Waals surface area contributed by atoms with Gasteiger partial charge in [-0.3, -0.25) is 9.59 Å². The van der Waals surface area contributed by atoms with Gasteiger partial charge in [-0.15, -0.1) is 0 Å². The van der Waals surface area contributed by atoms with Crippen LogP contribution in [0.3, 0.4) is 0 Å². The first-order valence-electron chi connectivity index (χ1n) is 8.06. The molecule has 0 saturated carbocycles. The van der Waals surface area contributed by atoms with Crippen LogP contribution in [0.25, 0.3) is 0 Å². The third kappa shape index (κ3) is 5.27. The summed E-state index contributed by atoms with van der Waals surface area (Å²) in [5, 5.41) is 2.44. The maximum atomic E-state index is 13.2. The SMILES string of the molecule is CC(=O)N(CC(=O)Nc1ccc(F)c(F)c1)c1ccc(OC(C)C)cc1. The molecule has 0 unspecified atom stereocenters. The summed E-state index contributed by atoms with van der Waals surface area (Å²) in [6.45, 7) is 4.87. The first-order chi connectivity index (χ1) is 12.3. The minimum absolute atomic E-state index is 0.0200. The van der Waals surface area contributed by atoms with E-state index in [9.17, 15) is 18.4 Å². The third-order valence-electron chi connectivity index (χ3n) is 3.41. The van der Waals surface area contributed by atoms with Gasteiger partial charge in [-0.25, -0.2) is 8.78 Å². The summed E-state index contributed by atoms with van der Waals surface area (Å²) in [4.78, 5) is 25.3. The molecule has 7 heteroatoms. The zero-order valence-corrected chi connectivity index (χ0v) is 14.8. The fourth-order valence-electron chi connectivity index (χ4n) is 2.28. The highest BCUT2D eigenvalue weighted by molar-refractivity contribution is 6.01. The molecule has 0 aromatic heterocycles. The van der Waals surface area contributed by atoms with E-state index < -0.39 is 17.5 Å². The second-order valence-electron chi connectivity index (χ2n) is 5.94. The van der Waals surface area contributed by atoms with Gasteiger partial charge in [0.05, 0.1) is 6.10 Å². The lowest BCUT2D eigenvalue weighted by atomic mass is 10.2. The first-order valence-corrected chi connectivity index (χ1v) is 8.06. The molecule has 0 spiro atoms. The minimum Gasteiger partial charge on any atom is -0.491 e. The molecule has 26 heavy (non-hydrogen) atoms. The van der Waals surface area contributed by atoms with Crippen molar-refractivity contribution in [1.29, 1.82) is 0 Å². The summed E-state index contributed by atoms with van der Waals surface area (Å²) in [5.74, 6) is -2.28. The second kappa shape index (κ2) is 8.42. The van der Waals surface area contributed by atoms with Crippen LogP contribution in [0.15, 0.2) is 42.5 Å². The van der Waals surface area contributed by atoms with Crippen LogP contribution >= 0.6 is 0 Å². The molecule has 2 amide bonds. The topological polar surface area (TPSA) is 58.6 Å². The standard InChI is InChI=1S/C19H20F2N2O3/c1-12(2)26-16-7-5-15(6-8-16)23(13(3)24)11-19(25)22-14-4-9-17(20)18(21)10-14/h4-10,12H,11H2,1-3H3,(H,22,25). The van der Waals surface area contributed by atoms with Crippen LogP contribution in [-0.2, 0) is 9.59 Å². The van der Waals surface area contributed by atoms with E-state index in [2.05, 4.69) is 5.32 Å². The average molecular weight is 362 g/mol. The van der Waals surface area contributed by atoms with Crippen LogP contribution in [-0.4, -0.2) is 24.5 Å². The van der Waals surface area contributed by atoms with Crippen molar-refractivity contribution in [1.82, 2.24) is 0 Å². The summed E-state index contributed by atoms with van der Waals surface area (Å²) >= 11 is 0. The number of nitrogens with zero attached hydrogens (tertiary/aromatic N) is 1. The van der Waals surface area contributed by atoms with Crippen LogP contribution < -0.4 is 15.0 Å². The van der Waals surface area contributed by atoms with Crippen molar-refractivity contribution in [2.45, 2.75) is 26.9 Å². The number of carbonyl (C=O) groups excluding carboxylic acids is 2. The van der Waals surface area contributed by atoms with Crippen LogP contribution in [0.4, 0.5) is 20.2 Å². The van der Waals surface area contributed by atoms with Gasteiger partial charge >= 0.3 is 0 Å². The molecule has 1 N–H and O–H groups in total. The maximum Gasteiger partial charge on any atom is 0.244 e. The second-order valence-corrected chi connectivity index (χ2v) is 5.94. The van der Waals surface area contributed by atoms with Gasteiger partial charge in [0.15, 0.2) is 11.6 Å². The molecule has 5 nitrogen and oxygen atoms in total. The van der Waals surface area contributed by atoms with E-state index in [0.717, 1.165) is 12.1 Å². The zero-order chi connectivity index (χ0) is 19.3. The van der Waals surface area contributed by atoms with Gasteiger partial charge in [0.1, 0.15) is 12.3 Å². The van der Waals surface area contributed by atoms with Crippen LogP contribution in [0, 0.1) is 11.6 Å². The fraction of sp³-hybridized carbons (Fsp3) is 0.263.